The van der Waals surface area contributed by atoms with Gasteiger partial charge in [0.1, 0.15) is 29.3 Å². The fourth-order valence-corrected chi connectivity index (χ4v) is 5.17. The van der Waals surface area contributed by atoms with E-state index in [0.29, 0.717) is 17.5 Å². The molecule has 0 saturated carbocycles. The van der Waals surface area contributed by atoms with Crippen LogP contribution in [0.4, 0.5) is 4.79 Å². The summed E-state index contributed by atoms with van der Waals surface area (Å²) >= 11 is 0. The molecule has 268 valence electrons. The van der Waals surface area contributed by atoms with Crippen molar-refractivity contribution in [3.8, 4) is 12.3 Å². The first-order valence-corrected chi connectivity index (χ1v) is 17.1. The molecule has 0 aromatic heterocycles. The Morgan fingerprint density at radius 1 is 0.816 bits per heavy atom. The summed E-state index contributed by atoms with van der Waals surface area (Å²) in [5.74, 6) is 0.623. The van der Waals surface area contributed by atoms with Crippen LogP contribution in [-0.4, -0.2) is 70.3 Å². The van der Waals surface area contributed by atoms with E-state index in [1.807, 2.05) is 30.3 Å². The number of benzene rings is 2. The third-order valence-corrected chi connectivity index (χ3v) is 7.45. The molecule has 2 aromatic rings. The maximum Gasteiger partial charge on any atom is 0.408 e. The third kappa shape index (κ3) is 14.7. The summed E-state index contributed by atoms with van der Waals surface area (Å²) in [6, 6.07) is 12.2. The number of alkyl carbamates (subject to hydrolysis) is 1. The summed E-state index contributed by atoms with van der Waals surface area (Å²) in [4.78, 5) is 56.3. The van der Waals surface area contributed by atoms with Crippen molar-refractivity contribution in [2.24, 2.45) is 0 Å². The van der Waals surface area contributed by atoms with Gasteiger partial charge in [0.15, 0.2) is 0 Å². The van der Waals surface area contributed by atoms with Gasteiger partial charge in [0.2, 0.25) is 11.8 Å². The van der Waals surface area contributed by atoms with E-state index >= 15 is 0 Å². The van der Waals surface area contributed by atoms with Crippen LogP contribution in [0.5, 0.6) is 0 Å². The number of unbranched alkanes of at least 4 members (excludes halogenated alkanes) is 5. The zero-order valence-corrected chi connectivity index (χ0v) is 30.2. The van der Waals surface area contributed by atoms with Crippen molar-refractivity contribution in [3.05, 3.63) is 71.3 Å². The molecule has 0 fully saturated rings. The quantitative estimate of drug-likeness (QED) is 0.109. The summed E-state index contributed by atoms with van der Waals surface area (Å²) in [5, 5.41) is 15.7. The van der Waals surface area contributed by atoms with Crippen LogP contribution in [0.3, 0.4) is 0 Å². The second-order valence-corrected chi connectivity index (χ2v) is 14.1. The average molecular weight is 678 g/mol. The highest BCUT2D eigenvalue weighted by Gasteiger charge is 2.38. The molecule has 0 aliphatic carbocycles. The maximum absolute atomic E-state index is 14.5. The van der Waals surface area contributed by atoms with Crippen LogP contribution in [-0.2, 0) is 30.3 Å². The van der Waals surface area contributed by atoms with E-state index in [9.17, 15) is 24.3 Å². The average Bonchev–Trinajstić information content (AvgIpc) is 3.03. The zero-order chi connectivity index (χ0) is 36.6. The summed E-state index contributed by atoms with van der Waals surface area (Å²) in [7, 11) is 0. The lowest BCUT2D eigenvalue weighted by Gasteiger charge is -2.35. The number of carbonyl (C=O) groups is 4. The van der Waals surface area contributed by atoms with Gasteiger partial charge < -0.3 is 30.1 Å². The smallest absolute Gasteiger partial charge is 0.408 e. The summed E-state index contributed by atoms with van der Waals surface area (Å²) in [6.45, 7) is 11.8. The molecule has 0 spiro atoms. The molecule has 2 aromatic carbocycles. The first kappa shape index (κ1) is 40.8. The van der Waals surface area contributed by atoms with Gasteiger partial charge in [-0.1, -0.05) is 87.4 Å². The number of nitrogens with zero attached hydrogens (tertiary/aromatic N) is 1. The Labute approximate surface area is 292 Å². The van der Waals surface area contributed by atoms with Crippen LogP contribution >= 0.6 is 0 Å². The van der Waals surface area contributed by atoms with Crippen molar-refractivity contribution in [3.63, 3.8) is 0 Å². The van der Waals surface area contributed by atoms with Gasteiger partial charge in [-0.3, -0.25) is 9.59 Å². The summed E-state index contributed by atoms with van der Waals surface area (Å²) in [6.07, 6.45) is 10.4. The Kier molecular flexibility index (Phi) is 16.3. The first-order valence-electron chi connectivity index (χ1n) is 17.1. The Morgan fingerprint density at radius 2 is 1.41 bits per heavy atom. The minimum absolute atomic E-state index is 0.141. The van der Waals surface area contributed by atoms with E-state index in [2.05, 4.69) is 23.5 Å². The molecule has 3 atom stereocenters. The van der Waals surface area contributed by atoms with Crippen LogP contribution in [0.2, 0.25) is 0 Å². The van der Waals surface area contributed by atoms with Gasteiger partial charge in [-0.25, -0.2) is 9.59 Å². The molecular weight excluding hydrogens is 622 g/mol. The first-order chi connectivity index (χ1) is 23.1. The van der Waals surface area contributed by atoms with Gasteiger partial charge in [-0.2, -0.15) is 0 Å². The number of nitrogens with one attached hydrogen (secondary N) is 2. The van der Waals surface area contributed by atoms with Gasteiger partial charge in [0.05, 0.1) is 6.61 Å². The molecule has 0 saturated heterocycles. The Balaban J connectivity index is 2.59. The standard InChI is InChI=1S/C39H55N3O7/c1-9-11-12-13-14-18-25-42(35(45)32(27-43)41-37(47)49-39(6,7)8)33(30-23-21-28(10-2)22-24-30)34(44)40-31(36(46)48-38(3,4)5)26-29-19-16-15-17-20-29/h2,15-17,19-24,31-33,43H,9,11-14,18,25-27H2,1,3-8H3,(H,40,44)(H,41,47). The van der Waals surface area contributed by atoms with Crippen molar-refractivity contribution in [1.82, 2.24) is 15.5 Å². The summed E-state index contributed by atoms with van der Waals surface area (Å²) < 4.78 is 11.0. The second kappa shape index (κ2) is 19.6. The van der Waals surface area contributed by atoms with Gasteiger partial charge >= 0.3 is 12.1 Å². The topological polar surface area (TPSA) is 134 Å². The second-order valence-electron chi connectivity index (χ2n) is 14.1. The van der Waals surface area contributed by atoms with Crippen LogP contribution in [0, 0.1) is 12.3 Å². The highest BCUT2D eigenvalue weighted by Crippen LogP contribution is 2.25. The number of amides is 3. The number of rotatable bonds is 17. The van der Waals surface area contributed by atoms with Crippen molar-refractivity contribution in [2.75, 3.05) is 13.2 Å². The minimum Gasteiger partial charge on any atom is -0.458 e. The lowest BCUT2D eigenvalue weighted by molar-refractivity contribution is -0.159. The Hall–Kier alpha value is -4.36. The van der Waals surface area contributed by atoms with E-state index in [0.717, 1.165) is 37.7 Å². The van der Waals surface area contributed by atoms with Crippen molar-refractivity contribution in [2.45, 2.75) is 123 Å². The van der Waals surface area contributed by atoms with Gasteiger partial charge in [0.25, 0.3) is 0 Å². The van der Waals surface area contributed by atoms with E-state index < -0.39 is 59.8 Å². The van der Waals surface area contributed by atoms with Gasteiger partial charge in [-0.15, -0.1) is 6.42 Å². The molecule has 3 N–H and O–H groups in total. The van der Waals surface area contributed by atoms with Crippen LogP contribution in [0.15, 0.2) is 54.6 Å². The number of hydrogen-bond acceptors (Lipinski definition) is 7. The number of esters is 1. The van der Waals surface area contributed by atoms with Crippen molar-refractivity contribution >= 4 is 23.9 Å². The Morgan fingerprint density at radius 3 is 1.96 bits per heavy atom. The predicted octanol–water partition coefficient (Wildman–Crippen LogP) is 5.85. The molecule has 0 heterocycles. The molecule has 3 unspecified atom stereocenters. The molecular formula is C39H55N3O7. The fourth-order valence-electron chi connectivity index (χ4n) is 5.17. The molecule has 0 aliphatic heterocycles. The SMILES string of the molecule is C#Cc1ccc(C(C(=O)NC(Cc2ccccc2)C(=O)OC(C)(C)C)N(CCCCCCCC)C(=O)C(CO)NC(=O)OC(C)(C)C)cc1. The summed E-state index contributed by atoms with van der Waals surface area (Å²) in [5.41, 5.74) is 0.153. The predicted molar refractivity (Wildman–Crippen MR) is 190 cm³/mol. The van der Waals surface area contributed by atoms with E-state index in [-0.39, 0.29) is 13.0 Å². The number of terminal acetylenes is 1. The van der Waals surface area contributed by atoms with E-state index in [4.69, 9.17) is 15.9 Å². The van der Waals surface area contributed by atoms with Crippen LogP contribution in [0.25, 0.3) is 0 Å². The highest BCUT2D eigenvalue weighted by molar-refractivity contribution is 5.94. The molecule has 49 heavy (non-hydrogen) atoms. The Bertz CT molecular complexity index is 1390. The number of carbonyl (C=O) groups excluding carboxylic acids is 4. The molecule has 0 radical (unpaired) electrons. The van der Waals surface area contributed by atoms with E-state index in [1.165, 1.54) is 4.90 Å². The normalized spacial score (nSPS) is 13.3. The molecule has 10 heteroatoms. The molecule has 2 rings (SSSR count). The van der Waals surface area contributed by atoms with Crippen LogP contribution in [0.1, 0.15) is 110 Å². The molecule has 3 amide bonds. The number of hydrogen-bond donors (Lipinski definition) is 3. The number of aliphatic hydroxyl groups is 1. The lowest BCUT2D eigenvalue weighted by atomic mass is 9.99. The highest BCUT2D eigenvalue weighted by atomic mass is 16.6. The third-order valence-electron chi connectivity index (χ3n) is 7.45. The minimum atomic E-state index is -1.40. The van der Waals surface area contributed by atoms with Crippen molar-refractivity contribution < 1.29 is 33.8 Å². The van der Waals surface area contributed by atoms with E-state index in [1.54, 1.807) is 65.8 Å². The maximum atomic E-state index is 14.5. The van der Waals surface area contributed by atoms with Gasteiger partial charge in [-0.05, 0) is 71.2 Å². The molecule has 10 nitrogen and oxygen atoms in total. The van der Waals surface area contributed by atoms with Crippen LogP contribution < -0.4 is 10.6 Å². The molecule has 0 aliphatic rings. The zero-order valence-electron chi connectivity index (χ0n) is 30.2. The lowest BCUT2D eigenvalue weighted by Crippen LogP contribution is -2.56. The number of ether oxygens (including phenoxy) is 2. The fraction of sp³-hybridized carbons (Fsp3) is 0.538. The van der Waals surface area contributed by atoms with Gasteiger partial charge in [0, 0.05) is 18.5 Å². The monoisotopic (exact) mass is 677 g/mol. The van der Waals surface area contributed by atoms with Crippen molar-refractivity contribution in [1.29, 1.82) is 0 Å². The number of aliphatic hydroxyl groups excluding tert-OH is 1. The largest absolute Gasteiger partial charge is 0.458 e. The molecule has 0 bridgehead atoms.